The lowest BCUT2D eigenvalue weighted by molar-refractivity contribution is 0.670. The average molecular weight is 728 g/mol. The van der Waals surface area contributed by atoms with Gasteiger partial charge < -0.3 is 13.7 Å². The number of fused-ring (bicyclic) bond motifs is 11. The molecule has 0 saturated carbocycles. The number of hydrogen-bond donors (Lipinski definition) is 0. The summed E-state index contributed by atoms with van der Waals surface area (Å²) in [7, 11) is 0. The highest BCUT2D eigenvalue weighted by Gasteiger charge is 2.24. The number of furan rings is 2. The molecule has 0 bridgehead atoms. The van der Waals surface area contributed by atoms with Crippen LogP contribution in [-0.4, -0.2) is 0 Å². The Hall–Kier alpha value is -7.62. The van der Waals surface area contributed by atoms with E-state index in [1.54, 1.807) is 0 Å². The molecule has 0 aliphatic carbocycles. The molecule has 0 spiro atoms. The predicted molar refractivity (Wildman–Crippen MR) is 239 cm³/mol. The molecule has 2 heterocycles. The van der Waals surface area contributed by atoms with Crippen molar-refractivity contribution in [2.75, 3.05) is 4.90 Å². The van der Waals surface area contributed by atoms with Gasteiger partial charge in [0.25, 0.3) is 0 Å². The first kappa shape index (κ1) is 31.7. The lowest BCUT2D eigenvalue weighted by Crippen LogP contribution is -2.11. The van der Waals surface area contributed by atoms with Crippen molar-refractivity contribution < 1.29 is 8.83 Å². The molecule has 0 atom stereocenters. The molecule has 0 radical (unpaired) electrons. The zero-order valence-electron chi connectivity index (χ0n) is 30.8. The third-order valence-electron chi connectivity index (χ3n) is 11.7. The molecule has 10 aromatic carbocycles. The van der Waals surface area contributed by atoms with Crippen molar-refractivity contribution in [1.82, 2.24) is 0 Å². The number of hydrogen-bond acceptors (Lipinski definition) is 3. The smallest absolute Gasteiger partial charge is 0.143 e. The molecule has 0 unspecified atom stereocenters. The fourth-order valence-corrected chi connectivity index (χ4v) is 9.07. The second-order valence-corrected chi connectivity index (χ2v) is 14.8. The highest BCUT2D eigenvalue weighted by Crippen LogP contribution is 2.48. The molecule has 266 valence electrons. The topological polar surface area (TPSA) is 29.5 Å². The standard InChI is InChI=1S/C54H33NO2/c1-4-16-39-34(13-1)29-32-46-52-49(24-12-26-51(52)57-53(39)46)55(48-23-9-7-19-42(48)44-21-11-22-45-43-20-8-10-25-50(43)56-54(44)45)37-30-27-35(28-31-37)47-33-36-14-2-3-15-38(36)40-17-5-6-18-41(40)47/h1-33H. The molecule has 57 heavy (non-hydrogen) atoms. The summed E-state index contributed by atoms with van der Waals surface area (Å²) < 4.78 is 13.4. The van der Waals surface area contributed by atoms with Crippen LogP contribution < -0.4 is 4.90 Å². The van der Waals surface area contributed by atoms with E-state index in [-0.39, 0.29) is 0 Å². The highest BCUT2D eigenvalue weighted by atomic mass is 16.3. The van der Waals surface area contributed by atoms with E-state index in [1.165, 1.54) is 32.7 Å². The van der Waals surface area contributed by atoms with Gasteiger partial charge in [-0.3, -0.25) is 0 Å². The van der Waals surface area contributed by atoms with Crippen LogP contribution in [-0.2, 0) is 0 Å². The second kappa shape index (κ2) is 12.5. The van der Waals surface area contributed by atoms with Gasteiger partial charge in [0.05, 0.1) is 16.8 Å². The molecule has 12 aromatic rings. The first-order valence-electron chi connectivity index (χ1n) is 19.4. The van der Waals surface area contributed by atoms with Crippen molar-refractivity contribution in [2.24, 2.45) is 0 Å². The number of anilines is 3. The predicted octanol–water partition coefficient (Wildman–Crippen LogP) is 15.7. The summed E-state index contributed by atoms with van der Waals surface area (Å²) in [5, 5.41) is 11.6. The Labute approximate surface area is 328 Å². The van der Waals surface area contributed by atoms with Gasteiger partial charge in [0, 0.05) is 38.4 Å². The molecule has 3 nitrogen and oxygen atoms in total. The van der Waals surface area contributed by atoms with Gasteiger partial charge >= 0.3 is 0 Å². The Morgan fingerprint density at radius 3 is 1.81 bits per heavy atom. The van der Waals surface area contributed by atoms with Gasteiger partial charge in [-0.15, -0.1) is 0 Å². The molecule has 0 aliphatic rings. The summed E-state index contributed by atoms with van der Waals surface area (Å²) in [4.78, 5) is 2.39. The van der Waals surface area contributed by atoms with E-state index in [4.69, 9.17) is 8.83 Å². The average Bonchev–Trinajstić information content (AvgIpc) is 3.86. The molecule has 0 amide bonds. The van der Waals surface area contributed by atoms with E-state index in [0.29, 0.717) is 0 Å². The number of rotatable bonds is 5. The monoisotopic (exact) mass is 727 g/mol. The summed E-state index contributed by atoms with van der Waals surface area (Å²) in [5.41, 5.74) is 11.1. The summed E-state index contributed by atoms with van der Waals surface area (Å²) in [5.74, 6) is 0. The van der Waals surface area contributed by atoms with Gasteiger partial charge in [0.2, 0.25) is 0 Å². The molecule has 2 aromatic heterocycles. The van der Waals surface area contributed by atoms with E-state index in [0.717, 1.165) is 82.8 Å². The van der Waals surface area contributed by atoms with Gasteiger partial charge in [0.1, 0.15) is 22.3 Å². The highest BCUT2D eigenvalue weighted by molar-refractivity contribution is 6.20. The molecule has 0 saturated heterocycles. The van der Waals surface area contributed by atoms with Gasteiger partial charge in [-0.05, 0) is 86.6 Å². The fourth-order valence-electron chi connectivity index (χ4n) is 9.07. The minimum Gasteiger partial charge on any atom is -0.455 e. The van der Waals surface area contributed by atoms with Crippen LogP contribution in [0, 0.1) is 0 Å². The van der Waals surface area contributed by atoms with Crippen molar-refractivity contribution in [3.05, 3.63) is 200 Å². The van der Waals surface area contributed by atoms with Crippen LogP contribution in [0.25, 0.3) is 98.4 Å². The van der Waals surface area contributed by atoms with E-state index in [9.17, 15) is 0 Å². The van der Waals surface area contributed by atoms with E-state index in [1.807, 2.05) is 12.1 Å². The van der Waals surface area contributed by atoms with Crippen LogP contribution in [0.3, 0.4) is 0 Å². The quantitative estimate of drug-likeness (QED) is 0.165. The first-order chi connectivity index (χ1) is 28.3. The normalized spacial score (nSPS) is 11.9. The summed E-state index contributed by atoms with van der Waals surface area (Å²) in [6.45, 7) is 0. The molecular weight excluding hydrogens is 695 g/mol. The van der Waals surface area contributed by atoms with Crippen molar-refractivity contribution in [2.45, 2.75) is 0 Å². The first-order valence-corrected chi connectivity index (χ1v) is 19.4. The molecule has 0 N–H and O–H groups in total. The van der Waals surface area contributed by atoms with Crippen LogP contribution in [0.4, 0.5) is 17.1 Å². The van der Waals surface area contributed by atoms with E-state index >= 15 is 0 Å². The van der Waals surface area contributed by atoms with Crippen LogP contribution in [0.5, 0.6) is 0 Å². The number of benzene rings is 10. The Balaban J connectivity index is 1.11. The Bertz CT molecular complexity index is 3530. The summed E-state index contributed by atoms with van der Waals surface area (Å²) >= 11 is 0. The lowest BCUT2D eigenvalue weighted by atomic mass is 9.93. The number of nitrogens with zero attached hydrogens (tertiary/aromatic N) is 1. The third kappa shape index (κ3) is 4.86. The van der Waals surface area contributed by atoms with Crippen molar-refractivity contribution in [3.63, 3.8) is 0 Å². The van der Waals surface area contributed by atoms with Crippen LogP contribution in [0.2, 0.25) is 0 Å². The molecular formula is C54H33NO2. The molecule has 0 fully saturated rings. The SMILES string of the molecule is c1ccc(N(c2ccc(-c3cc4ccccc4c4ccccc34)cc2)c2cccc3oc4c5ccccc5ccc4c23)c(-c2cccc3c2oc2ccccc23)c1. The second-order valence-electron chi connectivity index (χ2n) is 14.8. The summed E-state index contributed by atoms with van der Waals surface area (Å²) in [6, 6.07) is 71.5. The van der Waals surface area contributed by atoms with Crippen molar-refractivity contribution in [3.8, 4) is 22.3 Å². The maximum atomic E-state index is 6.75. The van der Waals surface area contributed by atoms with Crippen LogP contribution in [0.1, 0.15) is 0 Å². The minimum absolute atomic E-state index is 0.847. The Morgan fingerprint density at radius 2 is 0.930 bits per heavy atom. The lowest BCUT2D eigenvalue weighted by Gasteiger charge is -2.28. The molecule has 12 rings (SSSR count). The third-order valence-corrected chi connectivity index (χ3v) is 11.7. The van der Waals surface area contributed by atoms with Gasteiger partial charge in [-0.1, -0.05) is 152 Å². The fraction of sp³-hybridized carbons (Fsp3) is 0. The number of para-hydroxylation sites is 3. The summed E-state index contributed by atoms with van der Waals surface area (Å²) in [6.07, 6.45) is 0. The van der Waals surface area contributed by atoms with Gasteiger partial charge in [0.15, 0.2) is 0 Å². The van der Waals surface area contributed by atoms with Gasteiger partial charge in [-0.2, -0.15) is 0 Å². The maximum Gasteiger partial charge on any atom is 0.143 e. The maximum absolute atomic E-state index is 6.75. The van der Waals surface area contributed by atoms with Crippen LogP contribution in [0.15, 0.2) is 209 Å². The van der Waals surface area contributed by atoms with Crippen molar-refractivity contribution in [1.29, 1.82) is 0 Å². The van der Waals surface area contributed by atoms with E-state index < -0.39 is 0 Å². The van der Waals surface area contributed by atoms with Gasteiger partial charge in [-0.25, -0.2) is 0 Å². The minimum atomic E-state index is 0.847. The largest absolute Gasteiger partial charge is 0.455 e. The Morgan fingerprint density at radius 1 is 0.316 bits per heavy atom. The Kier molecular flexibility index (Phi) is 6.93. The van der Waals surface area contributed by atoms with Crippen molar-refractivity contribution >= 4 is 93.3 Å². The molecule has 3 heteroatoms. The van der Waals surface area contributed by atoms with E-state index in [2.05, 4.69) is 193 Å². The molecule has 0 aliphatic heterocycles. The zero-order chi connectivity index (χ0) is 37.5. The zero-order valence-corrected chi connectivity index (χ0v) is 30.8. The van der Waals surface area contributed by atoms with Crippen LogP contribution >= 0.6 is 0 Å².